The van der Waals surface area contributed by atoms with Gasteiger partial charge in [0.1, 0.15) is 21.2 Å². The molecular weight excluding hydrogens is 721 g/mol. The monoisotopic (exact) mass is 755 g/mol. The van der Waals surface area contributed by atoms with E-state index in [0.717, 1.165) is 86.2 Å². The van der Waals surface area contributed by atoms with Crippen molar-refractivity contribution in [1.82, 2.24) is 15.0 Å². The second-order valence-corrected chi connectivity index (χ2v) is 15.8. The Hall–Kier alpha value is -2.13. The highest BCUT2D eigenvalue weighted by molar-refractivity contribution is 9.10. The number of hydrogen-bond acceptors (Lipinski definition) is 8. The highest BCUT2D eigenvalue weighted by atomic mass is 79.9. The minimum absolute atomic E-state index is 0.0693. The van der Waals surface area contributed by atoms with Crippen LogP contribution in [0.25, 0.3) is 0 Å². The second-order valence-electron chi connectivity index (χ2n) is 11.2. The third kappa shape index (κ3) is 12.2. The SMILES string of the molecule is CS(=O)(=NC#N)[C@@H]1CCC[C@@H]1c1ccc(Cl)nc1.Clc1ccc(Br)cn1.O=C1CCCC1.OC1(c2ccc(Cl)nc2)CCCC1. The van der Waals surface area contributed by atoms with Gasteiger partial charge in [0.15, 0.2) is 0 Å². The van der Waals surface area contributed by atoms with Crippen molar-refractivity contribution in [1.29, 1.82) is 5.26 Å². The number of carbonyl (C=O) groups excluding carboxylic acids is 1. The Labute approximate surface area is 289 Å². The molecule has 0 radical (unpaired) electrons. The van der Waals surface area contributed by atoms with Crippen LogP contribution in [0, 0.1) is 11.5 Å². The molecule has 3 atom stereocenters. The molecule has 45 heavy (non-hydrogen) atoms. The van der Waals surface area contributed by atoms with Gasteiger partial charge in [0.05, 0.1) is 20.6 Å². The summed E-state index contributed by atoms with van der Waals surface area (Å²) in [5, 5.41) is 20.2. The van der Waals surface area contributed by atoms with Crippen LogP contribution in [0.2, 0.25) is 15.5 Å². The lowest BCUT2D eigenvalue weighted by molar-refractivity contribution is -0.117. The Morgan fingerprint density at radius 1 is 0.889 bits per heavy atom. The Kier molecular flexibility index (Phi) is 15.2. The van der Waals surface area contributed by atoms with Crippen LogP contribution in [0.4, 0.5) is 0 Å². The zero-order valence-corrected chi connectivity index (χ0v) is 29.7. The summed E-state index contributed by atoms with van der Waals surface area (Å²) < 4.78 is 17.0. The van der Waals surface area contributed by atoms with Crippen molar-refractivity contribution < 1.29 is 14.1 Å². The highest BCUT2D eigenvalue weighted by Crippen LogP contribution is 2.39. The van der Waals surface area contributed by atoms with Gasteiger partial charge in [-0.2, -0.15) is 5.26 Å². The second kappa shape index (κ2) is 18.3. The average molecular weight is 758 g/mol. The molecule has 6 rings (SSSR count). The molecule has 13 heteroatoms. The first-order valence-corrected chi connectivity index (χ1v) is 18.7. The molecule has 0 saturated heterocycles. The van der Waals surface area contributed by atoms with E-state index < -0.39 is 15.3 Å². The number of nitriles is 1. The van der Waals surface area contributed by atoms with Gasteiger partial charge in [-0.05, 0) is 84.3 Å². The zero-order valence-electron chi connectivity index (χ0n) is 25.0. The summed E-state index contributed by atoms with van der Waals surface area (Å²) in [4.78, 5) is 22.1. The first-order chi connectivity index (χ1) is 21.4. The van der Waals surface area contributed by atoms with Crippen molar-refractivity contribution in [3.63, 3.8) is 0 Å². The standard InChI is InChI=1S/C12H14ClN3OS.C10H12ClNO.C5H3BrClN.C5H8O/c1-18(17,16-8-14)11-4-2-3-10(11)9-5-6-12(13)15-7-9;11-9-4-3-8(7-12-9)10(13)5-1-2-6-10;6-4-1-2-5(7)8-3-4;6-5-3-1-2-4-5/h5-7,10-11H,2-4H2,1H3;3-4,7,13H,1-2,5-6H2;1-3H;1-4H2/t10-,11-,18?;;;/m1.../s1. The maximum atomic E-state index is 12.4. The number of Topliss-reactive ketones (excluding diaryl/α,β-unsaturated/α-hetero) is 1. The van der Waals surface area contributed by atoms with Crippen molar-refractivity contribution in [2.45, 2.75) is 87.4 Å². The van der Waals surface area contributed by atoms with Crippen LogP contribution in [0.15, 0.2) is 63.8 Å². The van der Waals surface area contributed by atoms with Crippen LogP contribution >= 0.6 is 50.7 Å². The van der Waals surface area contributed by atoms with Gasteiger partial charge in [-0.1, -0.05) is 66.2 Å². The molecule has 3 aliphatic carbocycles. The van der Waals surface area contributed by atoms with Gasteiger partial charge in [-0.3, -0.25) is 4.79 Å². The summed E-state index contributed by atoms with van der Waals surface area (Å²) >= 11 is 20.1. The molecule has 0 spiro atoms. The van der Waals surface area contributed by atoms with E-state index >= 15 is 0 Å². The number of pyridine rings is 3. The minimum atomic E-state index is -2.46. The van der Waals surface area contributed by atoms with Crippen LogP contribution < -0.4 is 0 Å². The van der Waals surface area contributed by atoms with Gasteiger partial charge in [0.25, 0.3) is 0 Å². The van der Waals surface area contributed by atoms with Crippen LogP contribution in [0.3, 0.4) is 0 Å². The van der Waals surface area contributed by atoms with E-state index in [1.54, 1.807) is 49.2 Å². The predicted molar refractivity (Wildman–Crippen MR) is 184 cm³/mol. The summed E-state index contributed by atoms with van der Waals surface area (Å²) in [5.41, 5.74) is 1.29. The number of halogens is 4. The average Bonchev–Trinajstić information content (AvgIpc) is 3.80. The molecule has 0 aliphatic heterocycles. The lowest BCUT2D eigenvalue weighted by atomic mass is 9.94. The van der Waals surface area contributed by atoms with Gasteiger partial charge in [-0.25, -0.2) is 19.2 Å². The molecular formula is C32H37BrCl3N5O3S. The van der Waals surface area contributed by atoms with Crippen molar-refractivity contribution in [3.8, 4) is 6.19 Å². The molecule has 3 fully saturated rings. The van der Waals surface area contributed by atoms with Crippen molar-refractivity contribution in [2.75, 3.05) is 6.26 Å². The summed E-state index contributed by atoms with van der Waals surface area (Å²) in [7, 11) is -2.46. The number of aromatic nitrogens is 3. The third-order valence-electron chi connectivity index (χ3n) is 7.96. The van der Waals surface area contributed by atoms with Gasteiger partial charge in [0, 0.05) is 53.6 Å². The topological polar surface area (TPSA) is 129 Å². The molecule has 3 heterocycles. The number of ketones is 1. The van der Waals surface area contributed by atoms with Gasteiger partial charge in [-0.15, -0.1) is 4.36 Å². The van der Waals surface area contributed by atoms with E-state index in [0.29, 0.717) is 21.2 Å². The quantitative estimate of drug-likeness (QED) is 0.209. The molecule has 1 unspecified atom stereocenters. The van der Waals surface area contributed by atoms with E-state index in [9.17, 15) is 14.1 Å². The van der Waals surface area contributed by atoms with Crippen LogP contribution in [-0.4, -0.2) is 41.6 Å². The molecule has 3 aliphatic rings. The molecule has 8 nitrogen and oxygen atoms in total. The Morgan fingerprint density at radius 3 is 1.91 bits per heavy atom. The van der Waals surface area contributed by atoms with Gasteiger partial charge >= 0.3 is 0 Å². The summed E-state index contributed by atoms with van der Waals surface area (Å²) in [5.74, 6) is 0.611. The highest BCUT2D eigenvalue weighted by Gasteiger charge is 2.35. The molecule has 3 aromatic heterocycles. The molecule has 3 saturated carbocycles. The van der Waals surface area contributed by atoms with E-state index in [-0.39, 0.29) is 11.2 Å². The Morgan fingerprint density at radius 2 is 1.47 bits per heavy atom. The molecule has 0 bridgehead atoms. The van der Waals surface area contributed by atoms with Crippen LogP contribution in [-0.2, 0) is 20.1 Å². The number of rotatable bonds is 3. The molecule has 1 N–H and O–H groups in total. The molecule has 0 amide bonds. The maximum Gasteiger partial charge on any atom is 0.214 e. The zero-order chi connectivity index (χ0) is 32.9. The van der Waals surface area contributed by atoms with Crippen molar-refractivity contribution in [2.24, 2.45) is 4.36 Å². The van der Waals surface area contributed by atoms with E-state index in [4.69, 9.17) is 40.1 Å². The number of carbonyl (C=O) groups is 1. The lowest BCUT2D eigenvalue weighted by Gasteiger charge is -2.21. The number of nitrogens with zero attached hydrogens (tertiary/aromatic N) is 5. The van der Waals surface area contributed by atoms with Gasteiger partial charge in [0.2, 0.25) is 6.19 Å². The van der Waals surface area contributed by atoms with Crippen LogP contribution in [0.5, 0.6) is 0 Å². The molecule has 242 valence electrons. The first kappa shape index (κ1) is 37.3. The fourth-order valence-corrected chi connectivity index (χ4v) is 7.99. The smallest absolute Gasteiger partial charge is 0.214 e. The van der Waals surface area contributed by atoms with Crippen LogP contribution in [0.1, 0.15) is 87.7 Å². The molecule has 0 aromatic carbocycles. The maximum absolute atomic E-state index is 12.4. The predicted octanol–water partition coefficient (Wildman–Crippen LogP) is 9.07. The van der Waals surface area contributed by atoms with E-state index in [2.05, 4.69) is 35.2 Å². The van der Waals surface area contributed by atoms with E-state index in [1.807, 2.05) is 18.2 Å². The van der Waals surface area contributed by atoms with Crippen molar-refractivity contribution >= 4 is 66.2 Å². The lowest BCUT2D eigenvalue weighted by Crippen LogP contribution is -2.22. The first-order valence-electron chi connectivity index (χ1n) is 14.8. The summed E-state index contributed by atoms with van der Waals surface area (Å²) in [6, 6.07) is 10.8. The fourth-order valence-electron chi connectivity index (χ4n) is 5.61. The summed E-state index contributed by atoms with van der Waals surface area (Å²) in [6.45, 7) is 0. The summed E-state index contributed by atoms with van der Waals surface area (Å²) in [6.07, 6.45) is 19.0. The largest absolute Gasteiger partial charge is 0.385 e. The normalized spacial score (nSPS) is 21.0. The fraction of sp³-hybridized carbons (Fsp3) is 0.469. The van der Waals surface area contributed by atoms with E-state index in [1.165, 1.54) is 0 Å². The third-order valence-corrected chi connectivity index (χ3v) is 11.2. The molecule has 3 aromatic rings. The Bertz CT molecular complexity index is 1510. The minimum Gasteiger partial charge on any atom is -0.385 e. The van der Waals surface area contributed by atoms with Crippen molar-refractivity contribution in [3.05, 3.63) is 86.0 Å². The van der Waals surface area contributed by atoms with Gasteiger partial charge < -0.3 is 5.11 Å². The number of aliphatic hydroxyl groups is 1. The Balaban J connectivity index is 0.000000178. The number of hydrogen-bond donors (Lipinski definition) is 1.